The predicted octanol–water partition coefficient (Wildman–Crippen LogP) is 1.91. The number of benzene rings is 1. The fraction of sp³-hybridized carbons (Fsp3) is 0.562. The molecule has 1 aliphatic heterocycles. The molecule has 1 fully saturated rings. The Hall–Kier alpha value is -2.00. The largest absolute Gasteiger partial charge is 0.341 e. The molecule has 0 radical (unpaired) electrons. The molecule has 8 nitrogen and oxygen atoms in total. The standard InChI is InChI=1S/C16H23N3O5S/c1-12(2)15(16(20)18-9-4-3-5-10-18)17-25(23,24)14-8-6-7-13(11-14)19(21)22/h6-8,11-12,15,17H,3-5,9-10H2,1-2H3/t15-/m0/s1. The van der Waals surface area contributed by atoms with Crippen LogP contribution in [0.3, 0.4) is 0 Å². The van der Waals surface area contributed by atoms with E-state index in [1.807, 2.05) is 0 Å². The Labute approximate surface area is 147 Å². The molecule has 1 saturated heterocycles. The van der Waals surface area contributed by atoms with Crippen LogP contribution in [-0.2, 0) is 14.8 Å². The lowest BCUT2D eigenvalue weighted by atomic mass is 10.0. The molecule has 0 spiro atoms. The molecule has 1 aromatic carbocycles. The van der Waals surface area contributed by atoms with Gasteiger partial charge in [-0.05, 0) is 31.2 Å². The Bertz CT molecular complexity index is 742. The van der Waals surface area contributed by atoms with E-state index in [1.165, 1.54) is 18.2 Å². The molecule has 1 aromatic rings. The van der Waals surface area contributed by atoms with Crippen LogP contribution >= 0.6 is 0 Å². The minimum atomic E-state index is -4.05. The van der Waals surface area contributed by atoms with Crippen LogP contribution in [0.25, 0.3) is 0 Å². The molecule has 0 aliphatic carbocycles. The lowest BCUT2D eigenvalue weighted by Gasteiger charge is -2.32. The number of hydrogen-bond acceptors (Lipinski definition) is 5. The molecule has 1 N–H and O–H groups in total. The van der Waals surface area contributed by atoms with E-state index in [-0.39, 0.29) is 22.4 Å². The van der Waals surface area contributed by atoms with Crippen LogP contribution in [0.2, 0.25) is 0 Å². The molecule has 0 aromatic heterocycles. The summed E-state index contributed by atoms with van der Waals surface area (Å²) in [6, 6.07) is 3.90. The number of non-ortho nitro benzene ring substituents is 1. The highest BCUT2D eigenvalue weighted by atomic mass is 32.2. The molecule has 0 saturated carbocycles. The summed E-state index contributed by atoms with van der Waals surface area (Å²) >= 11 is 0. The van der Waals surface area contributed by atoms with Crippen molar-refractivity contribution in [2.75, 3.05) is 13.1 Å². The lowest BCUT2D eigenvalue weighted by Crippen LogP contribution is -2.52. The Kier molecular flexibility index (Phi) is 6.12. The van der Waals surface area contributed by atoms with Crippen molar-refractivity contribution in [3.05, 3.63) is 34.4 Å². The van der Waals surface area contributed by atoms with Crippen LogP contribution < -0.4 is 4.72 Å². The van der Waals surface area contributed by atoms with Gasteiger partial charge in [-0.15, -0.1) is 0 Å². The molecule has 0 unspecified atom stereocenters. The van der Waals surface area contributed by atoms with Crippen molar-refractivity contribution in [3.8, 4) is 0 Å². The first-order chi connectivity index (χ1) is 11.7. The quantitative estimate of drug-likeness (QED) is 0.608. The van der Waals surface area contributed by atoms with Gasteiger partial charge in [0.05, 0.1) is 9.82 Å². The zero-order valence-corrected chi connectivity index (χ0v) is 15.2. The van der Waals surface area contributed by atoms with E-state index in [0.717, 1.165) is 25.3 Å². The first kappa shape index (κ1) is 19.3. The number of likely N-dealkylation sites (tertiary alicyclic amines) is 1. The number of sulfonamides is 1. The van der Waals surface area contributed by atoms with E-state index in [9.17, 15) is 23.3 Å². The van der Waals surface area contributed by atoms with E-state index >= 15 is 0 Å². The molecule has 9 heteroatoms. The first-order valence-electron chi connectivity index (χ1n) is 8.28. The Balaban J connectivity index is 2.24. The molecule has 1 atom stereocenters. The highest BCUT2D eigenvalue weighted by Crippen LogP contribution is 2.20. The third kappa shape index (κ3) is 4.76. The zero-order chi connectivity index (χ0) is 18.6. The number of nitrogens with zero attached hydrogens (tertiary/aromatic N) is 2. The van der Waals surface area contributed by atoms with E-state index in [1.54, 1.807) is 18.7 Å². The van der Waals surface area contributed by atoms with E-state index in [4.69, 9.17) is 0 Å². The normalized spacial score (nSPS) is 16.7. The summed E-state index contributed by atoms with van der Waals surface area (Å²) in [4.78, 5) is 24.4. The van der Waals surface area contributed by atoms with Crippen molar-refractivity contribution < 1.29 is 18.1 Å². The summed E-state index contributed by atoms with van der Waals surface area (Å²) in [7, 11) is -4.05. The third-order valence-corrected chi connectivity index (χ3v) is 5.66. The summed E-state index contributed by atoms with van der Waals surface area (Å²) in [5.41, 5.74) is -0.314. The minimum Gasteiger partial charge on any atom is -0.341 e. The zero-order valence-electron chi connectivity index (χ0n) is 14.3. The topological polar surface area (TPSA) is 110 Å². The number of carbonyl (C=O) groups is 1. The van der Waals surface area contributed by atoms with Gasteiger partial charge in [0.1, 0.15) is 6.04 Å². The van der Waals surface area contributed by atoms with Crippen molar-refractivity contribution in [1.82, 2.24) is 9.62 Å². The molecule has 0 bridgehead atoms. The highest BCUT2D eigenvalue weighted by Gasteiger charge is 2.32. The molecule has 2 rings (SSSR count). The van der Waals surface area contributed by atoms with E-state index in [2.05, 4.69) is 4.72 Å². The minimum absolute atomic E-state index is 0.223. The van der Waals surface area contributed by atoms with Gasteiger partial charge >= 0.3 is 0 Å². The lowest BCUT2D eigenvalue weighted by molar-refractivity contribution is -0.385. The first-order valence-corrected chi connectivity index (χ1v) is 9.76. The van der Waals surface area contributed by atoms with Gasteiger partial charge in [0.2, 0.25) is 15.9 Å². The van der Waals surface area contributed by atoms with E-state index < -0.39 is 21.0 Å². The number of amides is 1. The summed E-state index contributed by atoms with van der Waals surface area (Å²) < 4.78 is 27.6. The van der Waals surface area contributed by atoms with Gasteiger partial charge in [0.25, 0.3) is 5.69 Å². The number of piperidine rings is 1. The molecule has 1 heterocycles. The van der Waals surface area contributed by atoms with Crippen molar-refractivity contribution in [2.24, 2.45) is 5.92 Å². The average Bonchev–Trinajstić information content (AvgIpc) is 2.59. The Morgan fingerprint density at radius 3 is 2.44 bits per heavy atom. The number of rotatable bonds is 6. The van der Waals surface area contributed by atoms with Gasteiger partial charge < -0.3 is 4.90 Å². The number of hydrogen-bond donors (Lipinski definition) is 1. The van der Waals surface area contributed by atoms with Gasteiger partial charge in [-0.25, -0.2) is 8.42 Å². The smallest absolute Gasteiger partial charge is 0.270 e. The fourth-order valence-corrected chi connectivity index (χ4v) is 4.16. The number of nitro benzene ring substituents is 1. The Morgan fingerprint density at radius 2 is 1.88 bits per heavy atom. The van der Waals surface area contributed by atoms with Crippen LogP contribution in [0.15, 0.2) is 29.2 Å². The van der Waals surface area contributed by atoms with Crippen molar-refractivity contribution in [3.63, 3.8) is 0 Å². The second kappa shape index (κ2) is 7.92. The maximum absolute atomic E-state index is 12.7. The Morgan fingerprint density at radius 1 is 1.24 bits per heavy atom. The maximum Gasteiger partial charge on any atom is 0.270 e. The number of nitro groups is 1. The van der Waals surface area contributed by atoms with Crippen LogP contribution in [0.4, 0.5) is 5.69 Å². The fourth-order valence-electron chi connectivity index (χ4n) is 2.78. The van der Waals surface area contributed by atoms with Crippen LogP contribution in [0.1, 0.15) is 33.1 Å². The summed E-state index contributed by atoms with van der Waals surface area (Å²) in [6.07, 6.45) is 2.89. The summed E-state index contributed by atoms with van der Waals surface area (Å²) in [5.74, 6) is -0.494. The van der Waals surface area contributed by atoms with Crippen LogP contribution in [0, 0.1) is 16.0 Å². The predicted molar refractivity (Wildman–Crippen MR) is 92.5 cm³/mol. The summed E-state index contributed by atoms with van der Waals surface area (Å²) in [5, 5.41) is 10.9. The highest BCUT2D eigenvalue weighted by molar-refractivity contribution is 7.89. The van der Waals surface area contributed by atoms with Gasteiger partial charge in [0, 0.05) is 25.2 Å². The maximum atomic E-state index is 12.7. The van der Waals surface area contributed by atoms with Crippen molar-refractivity contribution in [1.29, 1.82) is 0 Å². The second-order valence-electron chi connectivity index (χ2n) is 6.48. The van der Waals surface area contributed by atoms with Crippen LogP contribution in [0.5, 0.6) is 0 Å². The van der Waals surface area contributed by atoms with Gasteiger partial charge in [0.15, 0.2) is 0 Å². The number of carbonyl (C=O) groups excluding carboxylic acids is 1. The molecule has 1 amide bonds. The van der Waals surface area contributed by atoms with Gasteiger partial charge in [-0.2, -0.15) is 4.72 Å². The van der Waals surface area contributed by atoms with Crippen LogP contribution in [-0.4, -0.2) is 43.3 Å². The molecule has 1 aliphatic rings. The summed E-state index contributed by atoms with van der Waals surface area (Å²) in [6.45, 7) is 4.78. The van der Waals surface area contributed by atoms with Crippen molar-refractivity contribution in [2.45, 2.75) is 44.0 Å². The van der Waals surface area contributed by atoms with Gasteiger partial charge in [-0.1, -0.05) is 19.9 Å². The van der Waals surface area contributed by atoms with Gasteiger partial charge in [-0.3, -0.25) is 14.9 Å². The molecular weight excluding hydrogens is 346 g/mol. The van der Waals surface area contributed by atoms with Crippen molar-refractivity contribution >= 4 is 21.6 Å². The number of nitrogens with one attached hydrogen (secondary N) is 1. The molecule has 25 heavy (non-hydrogen) atoms. The monoisotopic (exact) mass is 369 g/mol. The average molecular weight is 369 g/mol. The third-order valence-electron chi connectivity index (χ3n) is 4.22. The molecule has 138 valence electrons. The SMILES string of the molecule is CC(C)[C@H](NS(=O)(=O)c1cccc([N+](=O)[O-])c1)C(=O)N1CCCCC1. The van der Waals surface area contributed by atoms with E-state index in [0.29, 0.717) is 13.1 Å². The molecular formula is C16H23N3O5S. The second-order valence-corrected chi connectivity index (χ2v) is 8.20.